The van der Waals surface area contributed by atoms with Crippen LogP contribution >= 0.6 is 23.2 Å². The number of hydrogen-bond acceptors (Lipinski definition) is 11. The standard InChI is InChI=1S/C42H40Cl2N6O6S/c1-55-42-35(22-49-14-13-25(51)21-49)46-19-34(47-42)30-6-2-4-28(38(30)43)29-5-3-7-31(39(29)44)37-17-24-16-32-27(33(18-45)40(24)56-37)10-11-36(32)50-15-12-23(20-50)41(52)48-57(53,54)26-8-9-26/h2-7,16-17,19,23,25-26,36,51H,8-15,20-22H2,1H3,(H,48,52)/t23-,25-,36-/m1/s1. The van der Waals surface area contributed by atoms with Crippen molar-refractivity contribution < 1.29 is 27.5 Å². The lowest BCUT2D eigenvalue weighted by Gasteiger charge is -2.25. The number of aliphatic hydroxyl groups is 1. The van der Waals surface area contributed by atoms with Crippen LogP contribution in [0.25, 0.3) is 44.7 Å². The van der Waals surface area contributed by atoms with Crippen molar-refractivity contribution in [3.8, 4) is 45.7 Å². The molecule has 9 rings (SSSR count). The molecule has 2 N–H and O–H groups in total. The van der Waals surface area contributed by atoms with E-state index in [2.05, 4.69) is 31.6 Å². The maximum absolute atomic E-state index is 12.9. The molecule has 2 aliphatic heterocycles. The Bertz CT molecular complexity index is 2590. The number of nitriles is 1. The molecule has 0 spiro atoms. The van der Waals surface area contributed by atoms with Crippen molar-refractivity contribution in [3.63, 3.8) is 0 Å². The number of sulfonamides is 1. The zero-order valence-corrected chi connectivity index (χ0v) is 33.5. The van der Waals surface area contributed by atoms with Gasteiger partial charge >= 0.3 is 0 Å². The summed E-state index contributed by atoms with van der Waals surface area (Å²) in [6.45, 7) is 2.98. The number of furan rings is 1. The topological polar surface area (TPSA) is 162 Å². The monoisotopic (exact) mass is 826 g/mol. The number of likely N-dealkylation sites (tertiary alicyclic amines) is 2. The van der Waals surface area contributed by atoms with E-state index >= 15 is 0 Å². The summed E-state index contributed by atoms with van der Waals surface area (Å²) in [4.78, 5) is 26.7. The van der Waals surface area contributed by atoms with Crippen LogP contribution in [0.5, 0.6) is 5.88 Å². The van der Waals surface area contributed by atoms with Gasteiger partial charge in [0.2, 0.25) is 21.8 Å². The highest BCUT2D eigenvalue weighted by molar-refractivity contribution is 7.90. The summed E-state index contributed by atoms with van der Waals surface area (Å²) in [7, 11) is -2.05. The van der Waals surface area contributed by atoms with Gasteiger partial charge in [-0.15, -0.1) is 0 Å². The molecule has 0 radical (unpaired) electrons. The van der Waals surface area contributed by atoms with E-state index in [9.17, 15) is 23.6 Å². The first-order chi connectivity index (χ1) is 27.5. The van der Waals surface area contributed by atoms with E-state index < -0.39 is 27.1 Å². The minimum Gasteiger partial charge on any atom is -0.480 e. The average Bonchev–Trinajstić information content (AvgIpc) is 3.47. The number of amides is 1. The molecule has 1 amide bonds. The minimum atomic E-state index is -3.60. The molecule has 3 atom stereocenters. The second-order valence-corrected chi connectivity index (χ2v) is 18.1. The van der Waals surface area contributed by atoms with Gasteiger partial charge in [0, 0.05) is 59.9 Å². The first-order valence-corrected chi connectivity index (χ1v) is 21.5. The highest BCUT2D eigenvalue weighted by atomic mass is 35.5. The second-order valence-electron chi connectivity index (χ2n) is 15.4. The number of carbonyl (C=O) groups excluding carboxylic acids is 1. The molecule has 0 unspecified atom stereocenters. The van der Waals surface area contributed by atoms with Crippen molar-refractivity contribution in [2.24, 2.45) is 5.92 Å². The summed E-state index contributed by atoms with van der Waals surface area (Å²) in [6.07, 6.45) is 5.30. The number of aliphatic hydroxyl groups excluding tert-OH is 1. The van der Waals surface area contributed by atoms with Crippen LogP contribution in [0, 0.1) is 17.2 Å². The average molecular weight is 828 g/mol. The summed E-state index contributed by atoms with van der Waals surface area (Å²) >= 11 is 14.3. The molecular formula is C42H40Cl2N6O6S. The van der Waals surface area contributed by atoms with Gasteiger partial charge in [0.1, 0.15) is 17.5 Å². The third-order valence-corrected chi connectivity index (χ3v) is 14.4. The molecule has 57 heavy (non-hydrogen) atoms. The Morgan fingerprint density at radius 2 is 1.75 bits per heavy atom. The minimum absolute atomic E-state index is 0.00557. The van der Waals surface area contributed by atoms with Crippen LogP contribution < -0.4 is 9.46 Å². The van der Waals surface area contributed by atoms with Crippen LogP contribution in [0.1, 0.15) is 60.5 Å². The third-order valence-electron chi connectivity index (χ3n) is 11.8. The van der Waals surface area contributed by atoms with Gasteiger partial charge in [-0.2, -0.15) is 5.26 Å². The maximum Gasteiger partial charge on any atom is 0.237 e. The number of fused-ring (bicyclic) bond motifs is 2. The summed E-state index contributed by atoms with van der Waals surface area (Å²) < 4.78 is 39.2. The van der Waals surface area contributed by atoms with E-state index in [1.54, 1.807) is 13.3 Å². The number of carbonyl (C=O) groups is 1. The number of nitrogens with one attached hydrogen (secondary N) is 1. The van der Waals surface area contributed by atoms with E-state index in [1.165, 1.54) is 0 Å². The van der Waals surface area contributed by atoms with Crippen LogP contribution in [0.3, 0.4) is 0 Å². The third kappa shape index (κ3) is 7.06. The molecule has 294 valence electrons. The quantitative estimate of drug-likeness (QED) is 0.151. The Morgan fingerprint density at radius 1 is 1.02 bits per heavy atom. The molecule has 2 saturated heterocycles. The van der Waals surface area contributed by atoms with Gasteiger partial charge in [-0.3, -0.25) is 24.3 Å². The Balaban J connectivity index is 0.991. The van der Waals surface area contributed by atoms with E-state index in [0.717, 1.165) is 35.9 Å². The number of ether oxygens (including phenoxy) is 1. The Kier molecular flexibility index (Phi) is 10.00. The fraction of sp³-hybridized carbons (Fsp3) is 0.381. The van der Waals surface area contributed by atoms with Crippen LogP contribution in [-0.2, 0) is 27.8 Å². The molecule has 5 aromatic rings. The number of halogens is 2. The zero-order valence-electron chi connectivity index (χ0n) is 31.2. The summed E-state index contributed by atoms with van der Waals surface area (Å²) in [5, 5.41) is 21.6. The van der Waals surface area contributed by atoms with Gasteiger partial charge in [-0.25, -0.2) is 13.4 Å². The van der Waals surface area contributed by atoms with Gasteiger partial charge in [-0.05, 0) is 74.4 Å². The van der Waals surface area contributed by atoms with Gasteiger partial charge in [-0.1, -0.05) is 53.5 Å². The van der Waals surface area contributed by atoms with Crippen molar-refractivity contribution in [2.45, 2.75) is 62.5 Å². The van der Waals surface area contributed by atoms with Crippen molar-refractivity contribution in [2.75, 3.05) is 33.3 Å². The lowest BCUT2D eigenvalue weighted by atomic mass is 9.98. The van der Waals surface area contributed by atoms with E-state index in [-0.39, 0.29) is 12.1 Å². The van der Waals surface area contributed by atoms with Crippen LogP contribution in [0.15, 0.2) is 59.1 Å². The van der Waals surface area contributed by atoms with Crippen molar-refractivity contribution in [1.29, 1.82) is 5.26 Å². The largest absolute Gasteiger partial charge is 0.480 e. The van der Waals surface area contributed by atoms with Gasteiger partial charge < -0.3 is 14.3 Å². The smallest absolute Gasteiger partial charge is 0.237 e. The van der Waals surface area contributed by atoms with E-state index in [4.69, 9.17) is 37.3 Å². The number of benzene rings is 3. The Hall–Kier alpha value is -4.55. The van der Waals surface area contributed by atoms with Crippen molar-refractivity contribution in [1.82, 2.24) is 24.5 Å². The highest BCUT2D eigenvalue weighted by Crippen LogP contribution is 2.46. The van der Waals surface area contributed by atoms with Crippen molar-refractivity contribution in [3.05, 3.63) is 87.2 Å². The van der Waals surface area contributed by atoms with Gasteiger partial charge in [0.15, 0.2) is 5.58 Å². The molecule has 2 aromatic heterocycles. The summed E-state index contributed by atoms with van der Waals surface area (Å²) in [5.74, 6) is 0.0555. The summed E-state index contributed by atoms with van der Waals surface area (Å²) in [6, 6.07) is 17.7. The zero-order chi connectivity index (χ0) is 39.6. The molecule has 3 fully saturated rings. The van der Waals surface area contributed by atoms with E-state index in [0.29, 0.717) is 118 Å². The van der Waals surface area contributed by atoms with Crippen LogP contribution in [-0.4, -0.2) is 83.8 Å². The number of β-amino-alcohol motifs (C(OH)–C–C–N with tert-alkyl or cyclic N) is 1. The predicted octanol–water partition coefficient (Wildman–Crippen LogP) is 6.90. The fourth-order valence-electron chi connectivity index (χ4n) is 8.68. The normalized spacial score (nSPS) is 21.2. The number of aromatic nitrogens is 2. The Morgan fingerprint density at radius 3 is 2.46 bits per heavy atom. The van der Waals surface area contributed by atoms with Crippen molar-refractivity contribution >= 4 is 50.1 Å². The Labute approximate surface area is 340 Å². The first-order valence-electron chi connectivity index (χ1n) is 19.2. The molecule has 2 aliphatic carbocycles. The molecule has 0 bridgehead atoms. The highest BCUT2D eigenvalue weighted by Gasteiger charge is 2.41. The molecule has 15 heteroatoms. The lowest BCUT2D eigenvalue weighted by Crippen LogP contribution is -2.38. The van der Waals surface area contributed by atoms with E-state index in [1.807, 2.05) is 42.5 Å². The SMILES string of the molecule is COc1nc(-c2cccc(-c3cccc(-c4cc5cc6c(c(C#N)c5o4)CC[C@H]6N4CC[C@@H](C(=O)NS(=O)(=O)C5CC5)C4)c3Cl)c2Cl)cnc1CN1CC[C@@H](O)C1. The lowest BCUT2D eigenvalue weighted by molar-refractivity contribution is -0.122. The number of methoxy groups -OCH3 is 1. The van der Waals surface area contributed by atoms with Crippen LogP contribution in [0.2, 0.25) is 10.0 Å². The maximum atomic E-state index is 12.9. The molecule has 4 aliphatic rings. The number of rotatable bonds is 10. The molecule has 1 saturated carbocycles. The van der Waals surface area contributed by atoms with Gasteiger partial charge in [0.25, 0.3) is 0 Å². The van der Waals surface area contributed by atoms with Gasteiger partial charge in [0.05, 0.1) is 51.9 Å². The number of hydrogen-bond donors (Lipinski definition) is 2. The van der Waals surface area contributed by atoms with Crippen LogP contribution in [0.4, 0.5) is 0 Å². The molecular weight excluding hydrogens is 787 g/mol. The fourth-order valence-corrected chi connectivity index (χ4v) is 10.7. The second kappa shape index (κ2) is 15.0. The summed E-state index contributed by atoms with van der Waals surface area (Å²) in [5.41, 5.74) is 6.84. The molecule has 12 nitrogen and oxygen atoms in total. The molecule has 4 heterocycles. The predicted molar refractivity (Wildman–Crippen MR) is 216 cm³/mol. The first kappa shape index (κ1) is 38.0. The molecule has 3 aromatic carbocycles. The number of nitrogens with zero attached hydrogens (tertiary/aromatic N) is 5.